The van der Waals surface area contributed by atoms with Crippen molar-refractivity contribution in [3.8, 4) is 11.3 Å². The van der Waals surface area contributed by atoms with Gasteiger partial charge in [-0.15, -0.1) is 0 Å². The van der Waals surface area contributed by atoms with Crippen LogP contribution in [0.25, 0.3) is 17.3 Å². The summed E-state index contributed by atoms with van der Waals surface area (Å²) in [5.41, 5.74) is 5.27. The van der Waals surface area contributed by atoms with Crippen LogP contribution in [0.15, 0.2) is 101 Å². The molecule has 3 aromatic rings. The molecule has 1 aliphatic heterocycles. The molecule has 0 fully saturated rings. The summed E-state index contributed by atoms with van der Waals surface area (Å²) in [4.78, 5) is 16.5. The Morgan fingerprint density at radius 1 is 1.03 bits per heavy atom. The van der Waals surface area contributed by atoms with E-state index in [4.69, 9.17) is 0 Å². The van der Waals surface area contributed by atoms with Crippen LogP contribution in [0.1, 0.15) is 11.1 Å². The predicted molar refractivity (Wildman–Crippen MR) is 124 cm³/mol. The van der Waals surface area contributed by atoms with Crippen LogP contribution in [0.3, 0.4) is 0 Å². The van der Waals surface area contributed by atoms with Gasteiger partial charge in [-0.3, -0.25) is 4.98 Å². The third kappa shape index (κ3) is 5.90. The SMILES string of the molecule is Cc1cccc(/C=C/C=C/C=N\C(Nc2ccc(-c3ccnc(F)c3)nc2)=C2C=N\2)c1. The Labute approximate surface area is 180 Å². The summed E-state index contributed by atoms with van der Waals surface area (Å²) in [5, 5.41) is 3.21. The first kappa shape index (κ1) is 20.1. The minimum absolute atomic E-state index is 0.532. The summed E-state index contributed by atoms with van der Waals surface area (Å²) in [7, 11) is 0. The van der Waals surface area contributed by atoms with Crippen molar-refractivity contribution in [3.63, 3.8) is 0 Å². The number of hydrogen-bond donors (Lipinski definition) is 1. The molecule has 152 valence electrons. The van der Waals surface area contributed by atoms with Gasteiger partial charge in [-0.25, -0.2) is 15.0 Å². The Kier molecular flexibility index (Phi) is 6.18. The molecule has 3 heterocycles. The molecule has 0 saturated heterocycles. The fraction of sp³-hybridized carbons (Fsp3) is 0.0400. The van der Waals surface area contributed by atoms with Crippen molar-refractivity contribution in [1.29, 1.82) is 0 Å². The Balaban J connectivity index is 1.37. The van der Waals surface area contributed by atoms with Crippen LogP contribution in [0.5, 0.6) is 0 Å². The van der Waals surface area contributed by atoms with Gasteiger partial charge in [0.1, 0.15) is 5.70 Å². The number of nitrogens with zero attached hydrogens (tertiary/aromatic N) is 4. The number of pyridine rings is 2. The van der Waals surface area contributed by atoms with Crippen LogP contribution >= 0.6 is 0 Å². The van der Waals surface area contributed by atoms with Crippen molar-refractivity contribution in [2.75, 3.05) is 5.32 Å². The zero-order valence-electron chi connectivity index (χ0n) is 16.9. The second kappa shape index (κ2) is 9.54. The second-order valence-electron chi connectivity index (χ2n) is 6.85. The molecule has 0 saturated carbocycles. The zero-order chi connectivity index (χ0) is 21.5. The largest absolute Gasteiger partial charge is 0.337 e. The molecule has 0 atom stereocenters. The maximum Gasteiger partial charge on any atom is 0.213 e. The number of aliphatic imine (C=N–C) groups is 2. The van der Waals surface area contributed by atoms with Gasteiger partial charge in [-0.1, -0.05) is 48.1 Å². The van der Waals surface area contributed by atoms with Crippen LogP contribution in [0.2, 0.25) is 0 Å². The summed E-state index contributed by atoms with van der Waals surface area (Å²) < 4.78 is 13.3. The Hall–Kier alpha value is -4.19. The lowest BCUT2D eigenvalue weighted by atomic mass is 10.1. The Morgan fingerprint density at radius 2 is 1.94 bits per heavy atom. The summed E-state index contributed by atoms with van der Waals surface area (Å²) >= 11 is 0. The van der Waals surface area contributed by atoms with Crippen LogP contribution in [-0.2, 0) is 0 Å². The van der Waals surface area contributed by atoms with Crippen LogP contribution < -0.4 is 5.32 Å². The highest BCUT2D eigenvalue weighted by atomic mass is 19.1. The lowest BCUT2D eigenvalue weighted by Crippen LogP contribution is -1.99. The van der Waals surface area contributed by atoms with Crippen molar-refractivity contribution >= 4 is 24.2 Å². The van der Waals surface area contributed by atoms with Gasteiger partial charge in [-0.05, 0) is 36.8 Å². The zero-order valence-corrected chi connectivity index (χ0v) is 16.9. The van der Waals surface area contributed by atoms with E-state index >= 15 is 0 Å². The molecule has 1 aliphatic rings. The molecule has 31 heavy (non-hydrogen) atoms. The van der Waals surface area contributed by atoms with E-state index in [-0.39, 0.29) is 0 Å². The number of hydrogen-bond acceptors (Lipinski definition) is 5. The third-order valence-corrected chi connectivity index (χ3v) is 4.39. The summed E-state index contributed by atoms with van der Waals surface area (Å²) in [6.07, 6.45) is 14.3. The van der Waals surface area contributed by atoms with Crippen LogP contribution in [0, 0.1) is 12.9 Å². The molecule has 0 unspecified atom stereocenters. The van der Waals surface area contributed by atoms with Gasteiger partial charge in [0.05, 0.1) is 23.8 Å². The number of rotatable bonds is 7. The highest BCUT2D eigenvalue weighted by Gasteiger charge is 2.11. The number of nitrogens with one attached hydrogen (secondary N) is 1. The van der Waals surface area contributed by atoms with Crippen molar-refractivity contribution in [1.82, 2.24) is 9.97 Å². The molecule has 1 aromatic carbocycles. The normalized spacial score (nSPS) is 14.6. The van der Waals surface area contributed by atoms with E-state index in [1.807, 2.05) is 42.5 Å². The molecule has 4 rings (SSSR count). The average molecular weight is 409 g/mol. The first-order valence-electron chi connectivity index (χ1n) is 9.75. The molecule has 0 bridgehead atoms. The smallest absolute Gasteiger partial charge is 0.213 e. The number of anilines is 1. The summed E-state index contributed by atoms with van der Waals surface area (Å²) in [6, 6.07) is 15.0. The molecule has 6 heteroatoms. The molecule has 0 spiro atoms. The van der Waals surface area contributed by atoms with Gasteiger partial charge < -0.3 is 5.32 Å². The van der Waals surface area contributed by atoms with Crippen LogP contribution in [0.4, 0.5) is 10.1 Å². The van der Waals surface area contributed by atoms with E-state index in [1.165, 1.54) is 17.8 Å². The minimum atomic E-state index is -0.532. The van der Waals surface area contributed by atoms with E-state index < -0.39 is 5.95 Å². The second-order valence-corrected chi connectivity index (χ2v) is 6.85. The van der Waals surface area contributed by atoms with E-state index in [0.29, 0.717) is 17.1 Å². The number of benzene rings is 1. The highest BCUT2D eigenvalue weighted by molar-refractivity contribution is 5.94. The average Bonchev–Trinajstić information content (AvgIpc) is 3.61. The standard InChI is InChI=1S/C25H20FN5/c1-18-6-5-8-19(14-18)7-3-2-4-12-28-25(23-17-30-23)31-21-9-10-22(29-16-21)20-11-13-27-24(26)15-20/h2-17,31H,1H3/b4-2+,7-3+,25-23+,28-12-. The molecular formula is C25H20FN5. The predicted octanol–water partition coefficient (Wildman–Crippen LogP) is 5.60. The first-order valence-corrected chi connectivity index (χ1v) is 9.75. The monoisotopic (exact) mass is 409 g/mol. The molecule has 5 nitrogen and oxygen atoms in total. The van der Waals surface area contributed by atoms with Gasteiger partial charge in [0.15, 0.2) is 5.82 Å². The Morgan fingerprint density at radius 3 is 2.68 bits per heavy atom. The lowest BCUT2D eigenvalue weighted by Gasteiger charge is -2.06. The molecular weight excluding hydrogens is 389 g/mol. The summed E-state index contributed by atoms with van der Waals surface area (Å²) in [6.45, 7) is 2.07. The Bertz CT molecular complexity index is 1210. The highest BCUT2D eigenvalue weighted by Crippen LogP contribution is 2.21. The number of aromatic nitrogens is 2. The van der Waals surface area contributed by atoms with Gasteiger partial charge in [0, 0.05) is 24.0 Å². The fourth-order valence-electron chi connectivity index (χ4n) is 2.83. The molecule has 0 amide bonds. The number of halogens is 1. The van der Waals surface area contributed by atoms with Gasteiger partial charge in [0.25, 0.3) is 0 Å². The van der Waals surface area contributed by atoms with Crippen molar-refractivity contribution in [3.05, 3.63) is 108 Å². The van der Waals surface area contributed by atoms with Crippen molar-refractivity contribution in [2.24, 2.45) is 9.98 Å². The van der Waals surface area contributed by atoms with E-state index in [1.54, 1.807) is 24.7 Å². The molecule has 0 aliphatic carbocycles. The van der Waals surface area contributed by atoms with Gasteiger partial charge >= 0.3 is 0 Å². The number of aryl methyl sites for hydroxylation is 1. The van der Waals surface area contributed by atoms with Gasteiger partial charge in [-0.2, -0.15) is 4.39 Å². The quantitative estimate of drug-likeness (QED) is 0.314. The molecule has 0 radical (unpaired) electrons. The minimum Gasteiger partial charge on any atom is -0.337 e. The van der Waals surface area contributed by atoms with Crippen molar-refractivity contribution < 1.29 is 4.39 Å². The van der Waals surface area contributed by atoms with E-state index in [9.17, 15) is 4.39 Å². The van der Waals surface area contributed by atoms with Gasteiger partial charge in [0.2, 0.25) is 5.95 Å². The lowest BCUT2D eigenvalue weighted by molar-refractivity contribution is 0.584. The topological polar surface area (TPSA) is 62.5 Å². The van der Waals surface area contributed by atoms with E-state index in [2.05, 4.69) is 50.4 Å². The first-order chi connectivity index (χ1) is 15.2. The maximum atomic E-state index is 13.3. The third-order valence-electron chi connectivity index (χ3n) is 4.39. The molecule has 1 N–H and O–H groups in total. The maximum absolute atomic E-state index is 13.3. The van der Waals surface area contributed by atoms with E-state index in [0.717, 1.165) is 16.9 Å². The fourth-order valence-corrected chi connectivity index (χ4v) is 2.83. The van der Waals surface area contributed by atoms with Crippen molar-refractivity contribution in [2.45, 2.75) is 6.92 Å². The molecule has 2 aromatic heterocycles. The van der Waals surface area contributed by atoms with Crippen LogP contribution in [-0.4, -0.2) is 22.4 Å². The summed E-state index contributed by atoms with van der Waals surface area (Å²) in [5.74, 6) is 0.104. The number of allylic oxidation sites excluding steroid dienone is 4.